The van der Waals surface area contributed by atoms with Crippen LogP contribution >= 0.6 is 15.9 Å². The average Bonchev–Trinajstić information content (AvgIpc) is 2.10. The Hall–Kier alpha value is -0.310. The van der Waals surface area contributed by atoms with Crippen molar-refractivity contribution in [2.45, 2.75) is 26.8 Å². The molecule has 3 heteroatoms. The van der Waals surface area contributed by atoms with Gasteiger partial charge in [0.1, 0.15) is 4.60 Å². The largest absolute Gasteiger partial charge is 0.266 e. The summed E-state index contributed by atoms with van der Waals surface area (Å²) in [5, 5.41) is 4.24. The zero-order chi connectivity index (χ0) is 7.72. The Morgan fingerprint density at radius 2 is 2.20 bits per heavy atom. The third kappa shape index (κ3) is 1.40. The van der Waals surface area contributed by atoms with Gasteiger partial charge in [-0.2, -0.15) is 5.10 Å². The van der Waals surface area contributed by atoms with E-state index in [1.54, 1.807) is 0 Å². The number of hydrogen-bond acceptors (Lipinski definition) is 1. The Kier molecular flexibility index (Phi) is 2.14. The molecule has 1 aromatic rings. The third-order valence-electron chi connectivity index (χ3n) is 1.38. The molecular weight excluding hydrogens is 192 g/mol. The molecule has 10 heavy (non-hydrogen) atoms. The molecule has 0 aliphatic carbocycles. The lowest BCUT2D eigenvalue weighted by molar-refractivity contribution is 0.517. The van der Waals surface area contributed by atoms with Gasteiger partial charge in [0.15, 0.2) is 0 Å². The topological polar surface area (TPSA) is 17.8 Å². The zero-order valence-electron chi connectivity index (χ0n) is 6.43. The third-order valence-corrected chi connectivity index (χ3v) is 1.77. The second kappa shape index (κ2) is 2.74. The Balaban J connectivity index is 3.03. The van der Waals surface area contributed by atoms with Crippen molar-refractivity contribution < 1.29 is 0 Å². The smallest absolute Gasteiger partial charge is 0.128 e. The summed E-state index contributed by atoms with van der Waals surface area (Å²) in [6.07, 6.45) is 0. The van der Waals surface area contributed by atoms with E-state index in [1.807, 2.05) is 10.7 Å². The summed E-state index contributed by atoms with van der Waals surface area (Å²) >= 11 is 3.32. The van der Waals surface area contributed by atoms with E-state index >= 15 is 0 Å². The summed E-state index contributed by atoms with van der Waals surface area (Å²) in [5.41, 5.74) is 1.20. The summed E-state index contributed by atoms with van der Waals surface area (Å²) in [4.78, 5) is 0. The maximum atomic E-state index is 4.24. The summed E-state index contributed by atoms with van der Waals surface area (Å²) in [6.45, 7) is 6.29. The van der Waals surface area contributed by atoms with E-state index in [-0.39, 0.29) is 0 Å². The molecule has 0 bridgehead atoms. The summed E-state index contributed by atoms with van der Waals surface area (Å²) in [5.74, 6) is 0. The van der Waals surface area contributed by atoms with E-state index in [9.17, 15) is 0 Å². The van der Waals surface area contributed by atoms with E-state index in [4.69, 9.17) is 0 Å². The van der Waals surface area contributed by atoms with Gasteiger partial charge in [-0.05, 0) is 42.8 Å². The molecule has 0 amide bonds. The highest BCUT2D eigenvalue weighted by Crippen LogP contribution is 2.13. The van der Waals surface area contributed by atoms with Crippen molar-refractivity contribution in [3.63, 3.8) is 0 Å². The number of rotatable bonds is 1. The molecule has 0 spiro atoms. The van der Waals surface area contributed by atoms with Gasteiger partial charge in [0.05, 0.1) is 0 Å². The molecule has 0 unspecified atom stereocenters. The normalized spacial score (nSPS) is 10.9. The van der Waals surface area contributed by atoms with Crippen LogP contribution in [0, 0.1) is 6.92 Å². The molecule has 0 aliphatic heterocycles. The van der Waals surface area contributed by atoms with Crippen molar-refractivity contribution in [2.75, 3.05) is 0 Å². The van der Waals surface area contributed by atoms with Crippen LogP contribution in [-0.2, 0) is 0 Å². The quantitative estimate of drug-likeness (QED) is 0.685. The van der Waals surface area contributed by atoms with E-state index < -0.39 is 0 Å². The van der Waals surface area contributed by atoms with Gasteiger partial charge < -0.3 is 0 Å². The molecule has 0 saturated heterocycles. The molecule has 1 rings (SSSR count). The van der Waals surface area contributed by atoms with Crippen molar-refractivity contribution in [1.82, 2.24) is 9.78 Å². The maximum Gasteiger partial charge on any atom is 0.128 e. The van der Waals surface area contributed by atoms with E-state index in [2.05, 4.69) is 41.8 Å². The van der Waals surface area contributed by atoms with Gasteiger partial charge in [0.25, 0.3) is 0 Å². The van der Waals surface area contributed by atoms with Gasteiger partial charge in [0.2, 0.25) is 0 Å². The van der Waals surface area contributed by atoms with E-state index in [1.165, 1.54) is 5.69 Å². The minimum atomic E-state index is 0.450. The van der Waals surface area contributed by atoms with Gasteiger partial charge in [-0.1, -0.05) is 0 Å². The Morgan fingerprint density at radius 3 is 2.40 bits per heavy atom. The zero-order valence-corrected chi connectivity index (χ0v) is 8.01. The minimum Gasteiger partial charge on any atom is -0.266 e. The van der Waals surface area contributed by atoms with Gasteiger partial charge in [-0.25, -0.2) is 0 Å². The van der Waals surface area contributed by atoms with Crippen LogP contribution in [0.15, 0.2) is 10.7 Å². The predicted molar refractivity (Wildman–Crippen MR) is 45.0 cm³/mol. The second-order valence-corrected chi connectivity index (χ2v) is 3.46. The molecule has 1 aromatic heterocycles. The van der Waals surface area contributed by atoms with Crippen molar-refractivity contribution in [3.8, 4) is 0 Å². The Morgan fingerprint density at radius 1 is 1.60 bits per heavy atom. The summed E-state index contributed by atoms with van der Waals surface area (Å²) in [6, 6.07) is 2.46. The van der Waals surface area contributed by atoms with Crippen molar-refractivity contribution in [3.05, 3.63) is 16.4 Å². The first kappa shape index (κ1) is 7.79. The molecular formula is C7H11BrN2. The van der Waals surface area contributed by atoms with Crippen molar-refractivity contribution >= 4 is 15.9 Å². The first-order valence-electron chi connectivity index (χ1n) is 3.33. The molecule has 56 valence electrons. The highest BCUT2D eigenvalue weighted by molar-refractivity contribution is 9.10. The van der Waals surface area contributed by atoms with Crippen LogP contribution in [0.25, 0.3) is 0 Å². The number of hydrogen-bond donors (Lipinski definition) is 0. The molecule has 0 N–H and O–H groups in total. The molecule has 0 aromatic carbocycles. The Bertz CT molecular complexity index is 228. The molecule has 0 fully saturated rings. The highest BCUT2D eigenvalue weighted by Gasteiger charge is 2.03. The van der Waals surface area contributed by atoms with E-state index in [0.29, 0.717) is 6.04 Å². The number of nitrogens with zero attached hydrogens (tertiary/aromatic N) is 2. The molecule has 0 aliphatic rings. The van der Waals surface area contributed by atoms with Gasteiger partial charge >= 0.3 is 0 Å². The van der Waals surface area contributed by atoms with Crippen LogP contribution in [0.3, 0.4) is 0 Å². The van der Waals surface area contributed by atoms with Crippen LogP contribution in [0.5, 0.6) is 0 Å². The molecule has 0 radical (unpaired) electrons. The van der Waals surface area contributed by atoms with Crippen LogP contribution < -0.4 is 0 Å². The Labute approximate surface area is 69.4 Å². The maximum absolute atomic E-state index is 4.24. The van der Waals surface area contributed by atoms with Gasteiger partial charge in [0, 0.05) is 11.7 Å². The highest BCUT2D eigenvalue weighted by atomic mass is 79.9. The fourth-order valence-electron chi connectivity index (χ4n) is 0.972. The van der Waals surface area contributed by atoms with Crippen LogP contribution in [-0.4, -0.2) is 9.78 Å². The van der Waals surface area contributed by atoms with Crippen LogP contribution in [0.2, 0.25) is 0 Å². The lowest BCUT2D eigenvalue weighted by Gasteiger charge is -2.06. The first-order chi connectivity index (χ1) is 4.61. The molecule has 0 atom stereocenters. The first-order valence-corrected chi connectivity index (χ1v) is 4.12. The van der Waals surface area contributed by atoms with Gasteiger partial charge in [-0.15, -0.1) is 0 Å². The molecule has 0 saturated carbocycles. The fourth-order valence-corrected chi connectivity index (χ4v) is 1.47. The van der Waals surface area contributed by atoms with Crippen LogP contribution in [0.4, 0.5) is 0 Å². The monoisotopic (exact) mass is 202 g/mol. The molecule has 1 heterocycles. The number of aryl methyl sites for hydroxylation is 1. The van der Waals surface area contributed by atoms with Crippen molar-refractivity contribution in [2.24, 2.45) is 0 Å². The predicted octanol–water partition coefficient (Wildman–Crippen LogP) is 2.53. The average molecular weight is 203 g/mol. The summed E-state index contributed by atoms with van der Waals surface area (Å²) < 4.78 is 2.91. The SMILES string of the molecule is Cc1cc(Br)nn1C(C)C. The van der Waals surface area contributed by atoms with Crippen molar-refractivity contribution in [1.29, 1.82) is 0 Å². The number of halogens is 1. The molecule has 2 nitrogen and oxygen atoms in total. The van der Waals surface area contributed by atoms with Gasteiger partial charge in [-0.3, -0.25) is 4.68 Å². The second-order valence-electron chi connectivity index (χ2n) is 2.65. The minimum absolute atomic E-state index is 0.450. The fraction of sp³-hybridized carbons (Fsp3) is 0.571. The van der Waals surface area contributed by atoms with Crippen LogP contribution in [0.1, 0.15) is 25.6 Å². The lowest BCUT2D eigenvalue weighted by Crippen LogP contribution is -2.04. The number of aromatic nitrogens is 2. The lowest BCUT2D eigenvalue weighted by atomic mass is 10.4. The standard InChI is InChI=1S/C7H11BrN2/c1-5(2)10-6(3)4-7(8)9-10/h4-5H,1-3H3. The van der Waals surface area contributed by atoms with E-state index in [0.717, 1.165) is 4.60 Å². The summed E-state index contributed by atoms with van der Waals surface area (Å²) in [7, 11) is 0.